The van der Waals surface area contributed by atoms with Crippen molar-refractivity contribution in [3.8, 4) is 0 Å². The van der Waals surface area contributed by atoms with Crippen LogP contribution in [-0.4, -0.2) is 47.9 Å². The fourth-order valence-corrected chi connectivity index (χ4v) is 2.67. The van der Waals surface area contributed by atoms with Crippen LogP contribution in [0.15, 0.2) is 0 Å². The molecule has 2 N–H and O–H groups in total. The monoisotopic (exact) mass is 311 g/mol. The van der Waals surface area contributed by atoms with Crippen molar-refractivity contribution in [2.24, 2.45) is 5.92 Å². The van der Waals surface area contributed by atoms with Crippen LogP contribution in [0.4, 0.5) is 0 Å². The number of carbonyl (C=O) groups is 2. The molecule has 5 nitrogen and oxygen atoms in total. The number of nitrogens with zero attached hydrogens (tertiary/aromatic N) is 1. The summed E-state index contributed by atoms with van der Waals surface area (Å²) in [5.41, 5.74) is -0.176. The van der Waals surface area contributed by atoms with Gasteiger partial charge in [-0.25, -0.2) is 0 Å². The zero-order valence-corrected chi connectivity index (χ0v) is 14.9. The van der Waals surface area contributed by atoms with Gasteiger partial charge in [0.15, 0.2) is 0 Å². The Labute approximate surface area is 135 Å². The molecule has 128 valence electrons. The molecule has 0 aromatic carbocycles. The van der Waals surface area contributed by atoms with Gasteiger partial charge in [-0.3, -0.25) is 14.5 Å². The molecule has 0 aromatic heterocycles. The van der Waals surface area contributed by atoms with Gasteiger partial charge in [0.1, 0.15) is 0 Å². The Morgan fingerprint density at radius 2 is 2.05 bits per heavy atom. The molecular formula is C17H33N3O2. The van der Waals surface area contributed by atoms with Gasteiger partial charge in [0.2, 0.25) is 11.8 Å². The van der Waals surface area contributed by atoms with Gasteiger partial charge in [-0.15, -0.1) is 0 Å². The normalized spacial score (nSPS) is 20.1. The molecule has 0 saturated carbocycles. The maximum atomic E-state index is 12.4. The number of rotatable bonds is 8. The van der Waals surface area contributed by atoms with Crippen LogP contribution in [0, 0.1) is 5.92 Å². The Hall–Kier alpha value is -1.10. The molecule has 1 heterocycles. The minimum Gasteiger partial charge on any atom is -0.353 e. The molecule has 1 saturated heterocycles. The molecular weight excluding hydrogens is 278 g/mol. The first kappa shape index (κ1) is 18.9. The average Bonchev–Trinajstić information content (AvgIpc) is 2.47. The van der Waals surface area contributed by atoms with Crippen LogP contribution in [0.25, 0.3) is 0 Å². The molecule has 22 heavy (non-hydrogen) atoms. The van der Waals surface area contributed by atoms with E-state index in [9.17, 15) is 9.59 Å². The fraction of sp³-hybridized carbons (Fsp3) is 0.882. The van der Waals surface area contributed by atoms with E-state index in [1.165, 1.54) is 0 Å². The molecule has 1 atom stereocenters. The first-order valence-electron chi connectivity index (χ1n) is 8.64. The minimum atomic E-state index is -0.328. The predicted octanol–water partition coefficient (Wildman–Crippen LogP) is 1.92. The van der Waals surface area contributed by atoms with Gasteiger partial charge >= 0.3 is 0 Å². The molecule has 1 fully saturated rings. The highest BCUT2D eigenvalue weighted by atomic mass is 16.2. The summed E-state index contributed by atoms with van der Waals surface area (Å²) in [5.74, 6) is 0.561. The Kier molecular flexibility index (Phi) is 7.33. The first-order valence-corrected chi connectivity index (χ1v) is 8.64. The molecule has 1 aliphatic heterocycles. The topological polar surface area (TPSA) is 61.4 Å². The van der Waals surface area contributed by atoms with E-state index in [-0.39, 0.29) is 29.8 Å². The molecule has 0 aliphatic carbocycles. The second-order valence-electron chi connectivity index (χ2n) is 7.05. The summed E-state index contributed by atoms with van der Waals surface area (Å²) in [6.07, 6.45) is 3.08. The van der Waals surface area contributed by atoms with Crippen LogP contribution in [-0.2, 0) is 9.59 Å². The summed E-state index contributed by atoms with van der Waals surface area (Å²) in [6.45, 7) is 13.0. The third-order valence-corrected chi connectivity index (χ3v) is 4.82. The summed E-state index contributed by atoms with van der Waals surface area (Å²) >= 11 is 0. The summed E-state index contributed by atoms with van der Waals surface area (Å²) in [4.78, 5) is 26.7. The number of amides is 2. The average molecular weight is 311 g/mol. The largest absolute Gasteiger partial charge is 0.353 e. The molecule has 0 unspecified atom stereocenters. The Morgan fingerprint density at radius 1 is 1.41 bits per heavy atom. The quantitative estimate of drug-likeness (QED) is 0.720. The van der Waals surface area contributed by atoms with Crippen LogP contribution in [0.2, 0.25) is 0 Å². The molecule has 2 amide bonds. The van der Waals surface area contributed by atoms with Crippen molar-refractivity contribution in [2.45, 2.75) is 71.9 Å². The van der Waals surface area contributed by atoms with Crippen LogP contribution in [0.3, 0.4) is 0 Å². The number of carbonyl (C=O) groups excluding carboxylic acids is 2. The van der Waals surface area contributed by atoms with E-state index < -0.39 is 0 Å². The molecule has 1 rings (SSSR count). The second-order valence-corrected chi connectivity index (χ2v) is 7.05. The van der Waals surface area contributed by atoms with Gasteiger partial charge < -0.3 is 10.6 Å². The smallest absolute Gasteiger partial charge is 0.237 e. The zero-order chi connectivity index (χ0) is 16.8. The van der Waals surface area contributed by atoms with Gasteiger partial charge in [0.05, 0.1) is 12.5 Å². The van der Waals surface area contributed by atoms with E-state index >= 15 is 0 Å². The fourth-order valence-electron chi connectivity index (χ4n) is 2.67. The highest BCUT2D eigenvalue weighted by molar-refractivity contribution is 5.89. The van der Waals surface area contributed by atoms with E-state index in [0.717, 1.165) is 32.4 Å². The predicted molar refractivity (Wildman–Crippen MR) is 89.6 cm³/mol. The van der Waals surface area contributed by atoms with E-state index in [4.69, 9.17) is 0 Å². The molecule has 0 spiro atoms. The van der Waals surface area contributed by atoms with Crippen molar-refractivity contribution >= 4 is 11.8 Å². The maximum absolute atomic E-state index is 12.4. The zero-order valence-electron chi connectivity index (χ0n) is 14.9. The van der Waals surface area contributed by atoms with Gasteiger partial charge in [-0.1, -0.05) is 27.7 Å². The molecule has 0 radical (unpaired) electrons. The number of piperazine rings is 1. The van der Waals surface area contributed by atoms with Crippen LogP contribution < -0.4 is 10.6 Å². The van der Waals surface area contributed by atoms with Crippen LogP contribution in [0.5, 0.6) is 0 Å². The summed E-state index contributed by atoms with van der Waals surface area (Å²) in [6, 6.07) is -0.328. The lowest BCUT2D eigenvalue weighted by Crippen LogP contribution is -2.57. The minimum absolute atomic E-state index is 0.0140. The van der Waals surface area contributed by atoms with Crippen molar-refractivity contribution < 1.29 is 9.59 Å². The highest BCUT2D eigenvalue weighted by Crippen LogP contribution is 2.16. The summed E-state index contributed by atoms with van der Waals surface area (Å²) < 4.78 is 0. The summed E-state index contributed by atoms with van der Waals surface area (Å²) in [7, 11) is 0. The standard InChI is InChI=1S/C17H33N3O2/c1-6-17(5,7-2)19-15(21)12-14-16(22)18-9-11-20(14)10-8-13(3)4/h13-14H,6-12H2,1-5H3,(H,18,22)(H,19,21)/t14-/m0/s1. The van der Waals surface area contributed by atoms with Gasteiger partial charge in [0.25, 0.3) is 0 Å². The van der Waals surface area contributed by atoms with E-state index in [0.29, 0.717) is 12.5 Å². The number of hydrogen-bond donors (Lipinski definition) is 2. The van der Waals surface area contributed by atoms with Gasteiger partial charge in [-0.05, 0) is 38.6 Å². The number of hydrogen-bond acceptors (Lipinski definition) is 3. The number of nitrogens with one attached hydrogen (secondary N) is 2. The summed E-state index contributed by atoms with van der Waals surface area (Å²) in [5, 5.41) is 5.99. The van der Waals surface area contributed by atoms with Gasteiger partial charge in [-0.2, -0.15) is 0 Å². The van der Waals surface area contributed by atoms with E-state index in [2.05, 4.69) is 50.2 Å². The maximum Gasteiger partial charge on any atom is 0.237 e. The molecule has 0 aromatic rings. The Bertz CT molecular complexity index is 378. The van der Waals surface area contributed by atoms with E-state index in [1.54, 1.807) is 0 Å². The Balaban J connectivity index is 2.64. The lowest BCUT2D eigenvalue weighted by Gasteiger charge is -2.36. The lowest BCUT2D eigenvalue weighted by atomic mass is 9.95. The van der Waals surface area contributed by atoms with E-state index in [1.807, 2.05) is 0 Å². The van der Waals surface area contributed by atoms with Crippen molar-refractivity contribution in [2.75, 3.05) is 19.6 Å². The first-order chi connectivity index (χ1) is 10.3. The van der Waals surface area contributed by atoms with Crippen molar-refractivity contribution in [1.29, 1.82) is 0 Å². The van der Waals surface area contributed by atoms with Crippen molar-refractivity contribution in [1.82, 2.24) is 15.5 Å². The SMILES string of the molecule is CCC(C)(CC)NC(=O)C[C@H]1C(=O)NCCN1CCC(C)C. The molecule has 0 bridgehead atoms. The van der Waals surface area contributed by atoms with Crippen LogP contribution in [0.1, 0.15) is 60.3 Å². The van der Waals surface area contributed by atoms with Gasteiger partial charge in [0, 0.05) is 18.6 Å². The second kappa shape index (κ2) is 8.51. The molecule has 5 heteroatoms. The highest BCUT2D eigenvalue weighted by Gasteiger charge is 2.32. The third-order valence-electron chi connectivity index (χ3n) is 4.82. The van der Waals surface area contributed by atoms with Crippen LogP contribution >= 0.6 is 0 Å². The molecule has 1 aliphatic rings. The Morgan fingerprint density at radius 3 is 2.59 bits per heavy atom. The lowest BCUT2D eigenvalue weighted by molar-refractivity contribution is -0.134. The third kappa shape index (κ3) is 5.59. The van der Waals surface area contributed by atoms with Crippen molar-refractivity contribution in [3.05, 3.63) is 0 Å². The van der Waals surface area contributed by atoms with Crippen molar-refractivity contribution in [3.63, 3.8) is 0 Å².